The highest BCUT2D eigenvalue weighted by atomic mass is 35.5. The Morgan fingerprint density at radius 2 is 1.96 bits per heavy atom. The first-order valence-electron chi connectivity index (χ1n) is 8.63. The summed E-state index contributed by atoms with van der Waals surface area (Å²) in [6, 6.07) is 8.49. The molecule has 3 nitrogen and oxygen atoms in total. The molecule has 128 valence electrons. The second kappa shape index (κ2) is 8.16. The maximum absolute atomic E-state index is 11.7. The third kappa shape index (κ3) is 4.48. The van der Waals surface area contributed by atoms with Gasteiger partial charge in [0, 0.05) is 16.5 Å². The second-order valence-electron chi connectivity index (χ2n) is 6.88. The van der Waals surface area contributed by atoms with Crippen LogP contribution in [0.1, 0.15) is 52.0 Å². The Morgan fingerprint density at radius 1 is 1.30 bits per heavy atom. The van der Waals surface area contributed by atoms with Crippen molar-refractivity contribution in [1.82, 2.24) is 5.32 Å². The van der Waals surface area contributed by atoms with Crippen molar-refractivity contribution in [2.24, 2.45) is 5.92 Å². The van der Waals surface area contributed by atoms with E-state index in [0.717, 1.165) is 24.3 Å². The van der Waals surface area contributed by atoms with Crippen LogP contribution in [0.25, 0.3) is 0 Å². The maximum Gasteiger partial charge on any atom is 0.319 e. The van der Waals surface area contributed by atoms with E-state index >= 15 is 0 Å². The Balaban J connectivity index is 2.17. The van der Waals surface area contributed by atoms with E-state index in [-0.39, 0.29) is 24.0 Å². The maximum atomic E-state index is 11.7. The second-order valence-corrected chi connectivity index (χ2v) is 7.32. The average molecular weight is 338 g/mol. The molecule has 2 rings (SSSR count). The number of rotatable bonds is 8. The minimum Gasteiger partial charge on any atom is -0.465 e. The van der Waals surface area contributed by atoms with Crippen molar-refractivity contribution >= 4 is 17.6 Å². The molecule has 1 saturated carbocycles. The number of ether oxygens (including phenoxy) is 1. The smallest absolute Gasteiger partial charge is 0.319 e. The standard InChI is InChI=1S/C19H28ClNO2/c1-4-23-18(22)13-21-17(12-14(2)3)19(10-5-11-19)15-6-8-16(20)9-7-15/h6-9,14,17,21H,4-5,10-13H2,1-3H3. The predicted octanol–water partition coefficient (Wildman–Crippen LogP) is 4.33. The predicted molar refractivity (Wildman–Crippen MR) is 94.9 cm³/mol. The largest absolute Gasteiger partial charge is 0.465 e. The van der Waals surface area contributed by atoms with Gasteiger partial charge in [-0.25, -0.2) is 0 Å². The van der Waals surface area contributed by atoms with Crippen LogP contribution in [0.4, 0.5) is 0 Å². The van der Waals surface area contributed by atoms with Crippen LogP contribution in [0.5, 0.6) is 0 Å². The summed E-state index contributed by atoms with van der Waals surface area (Å²) in [6.07, 6.45) is 4.59. The van der Waals surface area contributed by atoms with Gasteiger partial charge in [0.25, 0.3) is 0 Å². The van der Waals surface area contributed by atoms with Crippen molar-refractivity contribution in [3.63, 3.8) is 0 Å². The van der Waals surface area contributed by atoms with Gasteiger partial charge in [0.2, 0.25) is 0 Å². The summed E-state index contributed by atoms with van der Waals surface area (Å²) >= 11 is 6.05. The van der Waals surface area contributed by atoms with Crippen molar-refractivity contribution in [1.29, 1.82) is 0 Å². The lowest BCUT2D eigenvalue weighted by Crippen LogP contribution is -2.54. The van der Waals surface area contributed by atoms with Crippen LogP contribution in [-0.2, 0) is 14.9 Å². The van der Waals surface area contributed by atoms with E-state index in [0.29, 0.717) is 12.5 Å². The zero-order chi connectivity index (χ0) is 16.9. The molecule has 1 fully saturated rings. The minimum atomic E-state index is -0.174. The Bertz CT molecular complexity index is 509. The number of hydrogen-bond acceptors (Lipinski definition) is 3. The van der Waals surface area contributed by atoms with Crippen LogP contribution in [0.3, 0.4) is 0 Å². The van der Waals surface area contributed by atoms with Gasteiger partial charge < -0.3 is 10.1 Å². The fraction of sp³-hybridized carbons (Fsp3) is 0.632. The van der Waals surface area contributed by atoms with Gasteiger partial charge in [-0.05, 0) is 49.8 Å². The summed E-state index contributed by atoms with van der Waals surface area (Å²) in [4.78, 5) is 11.7. The van der Waals surface area contributed by atoms with Gasteiger partial charge in [-0.2, -0.15) is 0 Å². The number of carbonyl (C=O) groups is 1. The van der Waals surface area contributed by atoms with E-state index in [1.54, 1.807) is 0 Å². The Kier molecular flexibility index (Phi) is 6.49. The molecule has 1 aliphatic carbocycles. The Labute approximate surface area is 144 Å². The van der Waals surface area contributed by atoms with Crippen LogP contribution in [0, 0.1) is 5.92 Å². The normalized spacial score (nSPS) is 17.6. The number of esters is 1. The summed E-state index contributed by atoms with van der Waals surface area (Å²) in [5.41, 5.74) is 1.44. The molecule has 0 aromatic heterocycles. The number of hydrogen-bond donors (Lipinski definition) is 1. The molecule has 0 bridgehead atoms. The lowest BCUT2D eigenvalue weighted by Gasteiger charge is -2.49. The van der Waals surface area contributed by atoms with Gasteiger partial charge in [0.1, 0.15) is 0 Å². The van der Waals surface area contributed by atoms with Crippen LogP contribution >= 0.6 is 11.6 Å². The summed E-state index contributed by atoms with van der Waals surface area (Å²) in [6.45, 7) is 7.00. The van der Waals surface area contributed by atoms with E-state index in [9.17, 15) is 4.79 Å². The fourth-order valence-corrected chi connectivity index (χ4v) is 3.70. The zero-order valence-corrected chi connectivity index (χ0v) is 15.2. The molecule has 1 aromatic carbocycles. The molecule has 1 unspecified atom stereocenters. The third-order valence-electron chi connectivity index (χ3n) is 4.84. The van der Waals surface area contributed by atoms with Crippen LogP contribution in [0.2, 0.25) is 5.02 Å². The zero-order valence-electron chi connectivity index (χ0n) is 14.4. The third-order valence-corrected chi connectivity index (χ3v) is 5.09. The summed E-state index contributed by atoms with van der Waals surface area (Å²) in [5, 5.41) is 4.25. The van der Waals surface area contributed by atoms with Gasteiger partial charge in [-0.15, -0.1) is 0 Å². The topological polar surface area (TPSA) is 38.3 Å². The first-order valence-corrected chi connectivity index (χ1v) is 9.01. The van der Waals surface area contributed by atoms with Gasteiger partial charge in [-0.1, -0.05) is 44.0 Å². The summed E-state index contributed by atoms with van der Waals surface area (Å²) < 4.78 is 5.06. The molecule has 0 amide bonds. The van der Waals surface area contributed by atoms with Crippen molar-refractivity contribution in [2.75, 3.05) is 13.2 Å². The lowest BCUT2D eigenvalue weighted by atomic mass is 9.59. The Morgan fingerprint density at radius 3 is 2.43 bits per heavy atom. The fourth-order valence-electron chi connectivity index (χ4n) is 3.57. The molecular weight excluding hydrogens is 310 g/mol. The lowest BCUT2D eigenvalue weighted by molar-refractivity contribution is -0.142. The monoisotopic (exact) mass is 337 g/mol. The molecule has 23 heavy (non-hydrogen) atoms. The molecule has 1 atom stereocenters. The molecular formula is C19H28ClNO2. The number of carbonyl (C=O) groups excluding carboxylic acids is 1. The molecule has 1 N–H and O–H groups in total. The summed E-state index contributed by atoms with van der Waals surface area (Å²) in [5.74, 6) is 0.395. The quantitative estimate of drug-likeness (QED) is 0.717. The van der Waals surface area contributed by atoms with Gasteiger partial charge in [0.15, 0.2) is 0 Å². The van der Waals surface area contributed by atoms with E-state index in [1.807, 2.05) is 19.1 Å². The minimum absolute atomic E-state index is 0.112. The summed E-state index contributed by atoms with van der Waals surface area (Å²) in [7, 11) is 0. The molecule has 0 saturated heterocycles. The van der Waals surface area contributed by atoms with Crippen molar-refractivity contribution in [3.05, 3.63) is 34.9 Å². The number of benzene rings is 1. The van der Waals surface area contributed by atoms with Crippen LogP contribution in [0.15, 0.2) is 24.3 Å². The molecule has 0 aliphatic heterocycles. The molecule has 1 aliphatic rings. The number of nitrogens with one attached hydrogen (secondary N) is 1. The highest BCUT2D eigenvalue weighted by molar-refractivity contribution is 6.30. The SMILES string of the molecule is CCOC(=O)CNC(CC(C)C)C1(c2ccc(Cl)cc2)CCC1. The van der Waals surface area contributed by atoms with Crippen molar-refractivity contribution in [2.45, 2.75) is 57.9 Å². The molecule has 1 aromatic rings. The van der Waals surface area contributed by atoms with Crippen LogP contribution < -0.4 is 5.32 Å². The number of halogens is 1. The van der Waals surface area contributed by atoms with Gasteiger partial charge in [-0.3, -0.25) is 4.79 Å². The molecule has 4 heteroatoms. The van der Waals surface area contributed by atoms with Gasteiger partial charge in [0.05, 0.1) is 13.2 Å². The van der Waals surface area contributed by atoms with Crippen LogP contribution in [-0.4, -0.2) is 25.2 Å². The van der Waals surface area contributed by atoms with Gasteiger partial charge >= 0.3 is 5.97 Å². The molecule has 0 radical (unpaired) electrons. The highest BCUT2D eigenvalue weighted by Crippen LogP contribution is 2.48. The van der Waals surface area contributed by atoms with Crippen molar-refractivity contribution < 1.29 is 9.53 Å². The van der Waals surface area contributed by atoms with E-state index in [2.05, 4.69) is 31.3 Å². The van der Waals surface area contributed by atoms with E-state index in [4.69, 9.17) is 16.3 Å². The molecule has 0 heterocycles. The van der Waals surface area contributed by atoms with Crippen molar-refractivity contribution in [3.8, 4) is 0 Å². The Hall–Kier alpha value is -1.06. The highest BCUT2D eigenvalue weighted by Gasteiger charge is 2.45. The average Bonchev–Trinajstić information content (AvgIpc) is 2.45. The van der Waals surface area contributed by atoms with E-state index in [1.165, 1.54) is 12.0 Å². The molecule has 0 spiro atoms. The first kappa shape index (κ1) is 18.3. The first-order chi connectivity index (χ1) is 11.0. The van der Waals surface area contributed by atoms with E-state index < -0.39 is 0 Å².